The van der Waals surface area contributed by atoms with Crippen molar-refractivity contribution in [1.82, 2.24) is 0 Å². The van der Waals surface area contributed by atoms with Gasteiger partial charge in [-0.3, -0.25) is 0 Å². The highest BCUT2D eigenvalue weighted by Gasteiger charge is 2.59. The molecule has 2 aliphatic heterocycles. The summed E-state index contributed by atoms with van der Waals surface area (Å²) in [4.78, 5) is 37.7. The van der Waals surface area contributed by atoms with Gasteiger partial charge in [-0.15, -0.1) is 0 Å². The lowest BCUT2D eigenvalue weighted by Gasteiger charge is -2.43. The minimum Gasteiger partial charge on any atom is -0.483 e. The van der Waals surface area contributed by atoms with Gasteiger partial charge in [0.25, 0.3) is 0 Å². The van der Waals surface area contributed by atoms with E-state index < -0.39 is 41.0 Å². The van der Waals surface area contributed by atoms with Crippen LogP contribution in [-0.2, 0) is 23.8 Å². The molecule has 32 heavy (non-hydrogen) atoms. The smallest absolute Gasteiger partial charge is 0.341 e. The monoisotopic (exact) mass is 442 g/mol. The molecule has 4 unspecified atom stereocenters. The molecule has 0 amide bonds. The van der Waals surface area contributed by atoms with Crippen molar-refractivity contribution >= 4 is 22.9 Å². The molecule has 0 saturated carbocycles. The van der Waals surface area contributed by atoms with E-state index >= 15 is 0 Å². The van der Waals surface area contributed by atoms with Crippen molar-refractivity contribution in [3.8, 4) is 5.75 Å². The fourth-order valence-electron chi connectivity index (χ4n) is 3.78. The Hall–Kier alpha value is -3.13. The van der Waals surface area contributed by atoms with E-state index in [2.05, 4.69) is 0 Å². The maximum Gasteiger partial charge on any atom is 0.341 e. The van der Waals surface area contributed by atoms with Gasteiger partial charge in [-0.1, -0.05) is 6.08 Å². The van der Waals surface area contributed by atoms with Crippen LogP contribution >= 0.6 is 0 Å². The first kappa shape index (κ1) is 22.1. The van der Waals surface area contributed by atoms with Gasteiger partial charge in [-0.2, -0.15) is 0 Å². The summed E-state index contributed by atoms with van der Waals surface area (Å²) in [5.74, 6) is -0.792. The van der Waals surface area contributed by atoms with Gasteiger partial charge in [-0.05, 0) is 59.7 Å². The van der Waals surface area contributed by atoms with E-state index in [9.17, 15) is 14.4 Å². The minimum absolute atomic E-state index is 0.210. The summed E-state index contributed by atoms with van der Waals surface area (Å²) in [5.41, 5.74) is -1.77. The Morgan fingerprint density at radius 2 is 1.75 bits per heavy atom. The molecular formula is C24H26O8. The van der Waals surface area contributed by atoms with E-state index in [1.807, 2.05) is 0 Å². The van der Waals surface area contributed by atoms with Gasteiger partial charge in [0.15, 0.2) is 17.8 Å². The number of hydrogen-bond donors (Lipinski definition) is 0. The first-order valence-corrected chi connectivity index (χ1v) is 10.5. The second kappa shape index (κ2) is 7.48. The van der Waals surface area contributed by atoms with Gasteiger partial charge in [0.05, 0.1) is 11.7 Å². The summed E-state index contributed by atoms with van der Waals surface area (Å²) in [5, 5.41) is 0.615. The zero-order chi connectivity index (χ0) is 23.4. The average molecular weight is 442 g/mol. The molecule has 2 aliphatic rings. The van der Waals surface area contributed by atoms with Crippen LogP contribution in [-0.4, -0.2) is 35.3 Å². The Morgan fingerprint density at radius 1 is 1.09 bits per heavy atom. The van der Waals surface area contributed by atoms with Crippen molar-refractivity contribution < 1.29 is 33.0 Å². The number of rotatable bonds is 4. The fraction of sp³-hybridized carbons (Fsp3) is 0.458. The summed E-state index contributed by atoms with van der Waals surface area (Å²) in [6.07, 6.45) is -0.783. The van der Waals surface area contributed by atoms with E-state index in [-0.39, 0.29) is 11.7 Å². The van der Waals surface area contributed by atoms with E-state index in [0.29, 0.717) is 22.3 Å². The average Bonchev–Trinajstić information content (AvgIpc) is 3.36. The highest BCUT2D eigenvalue weighted by atomic mass is 16.7. The molecule has 8 heteroatoms. The number of epoxide rings is 1. The highest BCUT2D eigenvalue weighted by Crippen LogP contribution is 2.48. The summed E-state index contributed by atoms with van der Waals surface area (Å²) < 4.78 is 28.8. The van der Waals surface area contributed by atoms with Gasteiger partial charge in [0, 0.05) is 17.0 Å². The molecule has 1 aromatic heterocycles. The maximum absolute atomic E-state index is 13.0. The molecule has 1 fully saturated rings. The molecule has 0 N–H and O–H groups in total. The predicted octanol–water partition coefficient (Wildman–Crippen LogP) is 3.60. The number of fused-ring (bicyclic) bond motifs is 3. The van der Waals surface area contributed by atoms with Crippen LogP contribution in [0, 0.1) is 0 Å². The van der Waals surface area contributed by atoms with Crippen LogP contribution in [0.15, 0.2) is 45.1 Å². The van der Waals surface area contributed by atoms with E-state index in [0.717, 1.165) is 0 Å². The third-order valence-corrected chi connectivity index (χ3v) is 6.17. The van der Waals surface area contributed by atoms with Crippen LogP contribution < -0.4 is 10.4 Å². The molecule has 1 aromatic carbocycles. The number of allylic oxidation sites excluding steroid dienone is 1. The van der Waals surface area contributed by atoms with E-state index in [1.165, 1.54) is 6.07 Å². The molecule has 1 saturated heterocycles. The standard InChI is InChI=1S/C24H26O8/c1-7-12(2)21(26)30-20-19(29-22(27)24(6)13(3)31-24)17-15(32-23(20,4)5)10-8-14-9-11-16(25)28-18(14)17/h7-11,13,19-20H,1-6H3. The molecular weight excluding hydrogens is 416 g/mol. The third-order valence-electron chi connectivity index (χ3n) is 6.17. The van der Waals surface area contributed by atoms with Gasteiger partial charge in [-0.25, -0.2) is 14.4 Å². The number of esters is 2. The maximum atomic E-state index is 13.0. The second-order valence-corrected chi connectivity index (χ2v) is 8.85. The molecule has 0 radical (unpaired) electrons. The van der Waals surface area contributed by atoms with Crippen LogP contribution in [0.25, 0.3) is 11.0 Å². The normalized spacial score (nSPS) is 28.4. The number of hydrogen-bond acceptors (Lipinski definition) is 8. The Bertz CT molecular complexity index is 1190. The molecule has 4 rings (SSSR count). The lowest BCUT2D eigenvalue weighted by molar-refractivity contribution is -0.190. The van der Waals surface area contributed by atoms with Crippen molar-refractivity contribution in [2.45, 2.75) is 71.1 Å². The molecule has 0 bridgehead atoms. The Balaban J connectivity index is 1.87. The number of carbonyl (C=O) groups is 2. The SMILES string of the molecule is CC=C(C)C(=O)OC1C(OC(=O)C2(C)OC2C)c2c(ccc3ccc(=O)oc23)OC1(C)C. The fourth-order valence-corrected chi connectivity index (χ4v) is 3.78. The number of carbonyl (C=O) groups excluding carboxylic acids is 2. The molecule has 4 atom stereocenters. The summed E-state index contributed by atoms with van der Waals surface area (Å²) in [7, 11) is 0. The van der Waals surface area contributed by atoms with Crippen molar-refractivity contribution in [2.75, 3.05) is 0 Å². The van der Waals surface area contributed by atoms with Gasteiger partial charge in [0.1, 0.15) is 16.9 Å². The van der Waals surface area contributed by atoms with Crippen LogP contribution in [0.1, 0.15) is 53.2 Å². The van der Waals surface area contributed by atoms with Crippen LogP contribution in [0.5, 0.6) is 5.75 Å². The van der Waals surface area contributed by atoms with Crippen molar-refractivity contribution in [1.29, 1.82) is 0 Å². The first-order valence-electron chi connectivity index (χ1n) is 10.5. The Labute approximate surface area is 185 Å². The first-order chi connectivity index (χ1) is 15.0. The van der Waals surface area contributed by atoms with Gasteiger partial charge in [0.2, 0.25) is 0 Å². The predicted molar refractivity (Wildman–Crippen MR) is 114 cm³/mol. The summed E-state index contributed by atoms with van der Waals surface area (Å²) >= 11 is 0. The van der Waals surface area contributed by atoms with Crippen molar-refractivity contribution in [2.24, 2.45) is 0 Å². The second-order valence-electron chi connectivity index (χ2n) is 8.85. The van der Waals surface area contributed by atoms with E-state index in [1.54, 1.807) is 65.8 Å². The molecule has 3 heterocycles. The molecule has 8 nitrogen and oxygen atoms in total. The summed E-state index contributed by atoms with van der Waals surface area (Å²) in [6.45, 7) is 10.2. The Morgan fingerprint density at radius 3 is 2.38 bits per heavy atom. The zero-order valence-electron chi connectivity index (χ0n) is 18.9. The Kier molecular flexibility index (Phi) is 5.16. The van der Waals surface area contributed by atoms with Gasteiger partial charge < -0.3 is 23.4 Å². The molecule has 170 valence electrons. The molecule has 0 aliphatic carbocycles. The van der Waals surface area contributed by atoms with Gasteiger partial charge >= 0.3 is 17.6 Å². The third kappa shape index (κ3) is 3.58. The quantitative estimate of drug-likeness (QED) is 0.306. The number of benzene rings is 1. The topological polar surface area (TPSA) is 105 Å². The largest absolute Gasteiger partial charge is 0.483 e. The van der Waals surface area contributed by atoms with Crippen molar-refractivity contribution in [3.05, 3.63) is 51.9 Å². The zero-order valence-corrected chi connectivity index (χ0v) is 18.9. The van der Waals surface area contributed by atoms with Crippen LogP contribution in [0.3, 0.4) is 0 Å². The number of ether oxygens (including phenoxy) is 4. The lowest BCUT2D eigenvalue weighted by Crippen LogP contribution is -2.52. The minimum atomic E-state index is -1.10. The highest BCUT2D eigenvalue weighted by molar-refractivity contribution is 5.88. The molecule has 0 spiro atoms. The molecule has 2 aromatic rings. The van der Waals surface area contributed by atoms with Crippen LogP contribution in [0.4, 0.5) is 0 Å². The van der Waals surface area contributed by atoms with E-state index in [4.69, 9.17) is 23.4 Å². The summed E-state index contributed by atoms with van der Waals surface area (Å²) in [6, 6.07) is 6.37. The lowest BCUT2D eigenvalue weighted by atomic mass is 9.87. The van der Waals surface area contributed by atoms with Crippen molar-refractivity contribution in [3.63, 3.8) is 0 Å². The van der Waals surface area contributed by atoms with Crippen LogP contribution in [0.2, 0.25) is 0 Å².